The predicted molar refractivity (Wildman–Crippen MR) is 80.7 cm³/mol. The van der Waals surface area contributed by atoms with Crippen LogP contribution >= 0.6 is 0 Å². The van der Waals surface area contributed by atoms with Crippen molar-refractivity contribution < 1.29 is 9.59 Å². The van der Waals surface area contributed by atoms with E-state index in [0.29, 0.717) is 17.1 Å². The molecule has 2 rings (SSSR count). The van der Waals surface area contributed by atoms with Gasteiger partial charge in [-0.2, -0.15) is 0 Å². The summed E-state index contributed by atoms with van der Waals surface area (Å²) in [5.41, 5.74) is 0.930. The Morgan fingerprint density at radius 2 is 1.95 bits per heavy atom. The number of nitrogens with one attached hydrogen (secondary N) is 2. The van der Waals surface area contributed by atoms with Crippen LogP contribution < -0.4 is 10.6 Å². The number of aromatic nitrogens is 1. The first-order valence-electron chi connectivity index (χ1n) is 6.25. The molecule has 0 aliphatic heterocycles. The summed E-state index contributed by atoms with van der Waals surface area (Å²) in [4.78, 5) is 27.5. The molecular formula is C16H13N3O2. The molecule has 5 nitrogen and oxygen atoms in total. The third kappa shape index (κ3) is 4.18. The molecule has 0 atom stereocenters. The number of nitrogens with zero attached hydrogens (tertiary/aromatic N) is 1. The number of hydrogen-bond acceptors (Lipinski definition) is 3. The fourth-order valence-corrected chi connectivity index (χ4v) is 1.64. The highest BCUT2D eigenvalue weighted by Gasteiger charge is 2.08. The summed E-state index contributed by atoms with van der Waals surface area (Å²) in [5.74, 6) is 4.63. The molecular weight excluding hydrogens is 266 g/mol. The van der Waals surface area contributed by atoms with Gasteiger partial charge in [-0.05, 0) is 43.2 Å². The number of hydrogen-bond donors (Lipinski definition) is 2. The first-order chi connectivity index (χ1) is 10.2. The van der Waals surface area contributed by atoms with E-state index in [1.807, 2.05) is 0 Å². The Morgan fingerprint density at radius 3 is 2.67 bits per heavy atom. The normalized spacial score (nSPS) is 9.19. The van der Waals surface area contributed by atoms with Crippen molar-refractivity contribution in [1.29, 1.82) is 0 Å². The molecule has 21 heavy (non-hydrogen) atoms. The smallest absolute Gasteiger partial charge is 0.300 e. The Morgan fingerprint density at radius 1 is 1.10 bits per heavy atom. The van der Waals surface area contributed by atoms with Gasteiger partial charge in [0.15, 0.2) is 0 Å². The first-order valence-corrected chi connectivity index (χ1v) is 6.25. The van der Waals surface area contributed by atoms with E-state index in [2.05, 4.69) is 27.5 Å². The SMILES string of the molecule is CC#CC(=O)Nc1cccc(C(=O)Nc2ccccn2)c1. The van der Waals surface area contributed by atoms with Crippen LogP contribution in [0.25, 0.3) is 0 Å². The molecule has 2 amide bonds. The summed E-state index contributed by atoms with van der Waals surface area (Å²) in [7, 11) is 0. The minimum atomic E-state index is -0.417. The molecule has 2 aromatic rings. The van der Waals surface area contributed by atoms with Crippen molar-refractivity contribution in [2.75, 3.05) is 10.6 Å². The fraction of sp³-hybridized carbons (Fsp3) is 0.0625. The maximum Gasteiger partial charge on any atom is 0.300 e. The van der Waals surface area contributed by atoms with Crippen LogP contribution in [0.1, 0.15) is 17.3 Å². The second-order valence-electron chi connectivity index (χ2n) is 4.08. The maximum absolute atomic E-state index is 12.1. The van der Waals surface area contributed by atoms with Crippen LogP contribution in [-0.2, 0) is 4.79 Å². The van der Waals surface area contributed by atoms with Gasteiger partial charge in [-0.15, -0.1) is 0 Å². The van der Waals surface area contributed by atoms with Gasteiger partial charge < -0.3 is 10.6 Å². The number of carbonyl (C=O) groups is 2. The zero-order valence-electron chi connectivity index (χ0n) is 11.4. The molecule has 5 heteroatoms. The average molecular weight is 279 g/mol. The van der Waals surface area contributed by atoms with Crippen molar-refractivity contribution in [3.63, 3.8) is 0 Å². The Labute approximate surface area is 122 Å². The Balaban J connectivity index is 2.11. The van der Waals surface area contributed by atoms with Crippen molar-refractivity contribution in [2.24, 2.45) is 0 Å². The lowest BCUT2D eigenvalue weighted by molar-refractivity contribution is -0.111. The molecule has 0 saturated heterocycles. The number of benzene rings is 1. The third-order valence-corrected chi connectivity index (χ3v) is 2.53. The van der Waals surface area contributed by atoms with Gasteiger partial charge in [0.05, 0.1) is 0 Å². The van der Waals surface area contributed by atoms with Crippen LogP contribution in [-0.4, -0.2) is 16.8 Å². The zero-order valence-corrected chi connectivity index (χ0v) is 11.4. The molecule has 0 aliphatic rings. The number of anilines is 2. The number of carbonyl (C=O) groups excluding carboxylic acids is 2. The van der Waals surface area contributed by atoms with E-state index in [4.69, 9.17) is 0 Å². The predicted octanol–water partition coefficient (Wildman–Crippen LogP) is 2.30. The van der Waals surface area contributed by atoms with E-state index in [-0.39, 0.29) is 5.91 Å². The molecule has 0 unspecified atom stereocenters. The van der Waals surface area contributed by atoms with Crippen molar-refractivity contribution in [3.8, 4) is 11.8 Å². The lowest BCUT2D eigenvalue weighted by Gasteiger charge is -2.06. The number of rotatable bonds is 3. The van der Waals surface area contributed by atoms with Gasteiger partial charge in [-0.3, -0.25) is 9.59 Å². The van der Waals surface area contributed by atoms with Gasteiger partial charge in [0.1, 0.15) is 5.82 Å². The topological polar surface area (TPSA) is 71.1 Å². The van der Waals surface area contributed by atoms with Gasteiger partial charge in [-0.25, -0.2) is 4.98 Å². The largest absolute Gasteiger partial charge is 0.315 e. The van der Waals surface area contributed by atoms with Crippen LogP contribution in [0.4, 0.5) is 11.5 Å². The highest BCUT2D eigenvalue weighted by molar-refractivity contribution is 6.06. The zero-order chi connectivity index (χ0) is 15.1. The van der Waals surface area contributed by atoms with E-state index in [1.54, 1.807) is 55.6 Å². The minimum absolute atomic E-state index is 0.300. The molecule has 0 saturated carbocycles. The summed E-state index contributed by atoms with van der Waals surface area (Å²) in [6.45, 7) is 1.58. The van der Waals surface area contributed by atoms with Crippen molar-refractivity contribution in [2.45, 2.75) is 6.92 Å². The summed E-state index contributed by atoms with van der Waals surface area (Å²) >= 11 is 0. The Kier molecular flexibility index (Phi) is 4.67. The van der Waals surface area contributed by atoms with Crippen LogP contribution in [0.5, 0.6) is 0 Å². The van der Waals surface area contributed by atoms with Crippen LogP contribution in [0.2, 0.25) is 0 Å². The summed E-state index contributed by atoms with van der Waals surface area (Å²) < 4.78 is 0. The first kappa shape index (κ1) is 14.3. The van der Waals surface area contributed by atoms with Crippen LogP contribution in [0.15, 0.2) is 48.7 Å². The summed E-state index contributed by atoms with van der Waals surface area (Å²) in [6.07, 6.45) is 1.59. The van der Waals surface area contributed by atoms with E-state index in [9.17, 15) is 9.59 Å². The lowest BCUT2D eigenvalue weighted by atomic mass is 10.2. The second-order valence-corrected chi connectivity index (χ2v) is 4.08. The highest BCUT2D eigenvalue weighted by atomic mass is 16.2. The quantitative estimate of drug-likeness (QED) is 0.847. The van der Waals surface area contributed by atoms with Crippen LogP contribution in [0.3, 0.4) is 0 Å². The van der Waals surface area contributed by atoms with E-state index >= 15 is 0 Å². The molecule has 0 radical (unpaired) electrons. The molecule has 1 heterocycles. The molecule has 104 valence electrons. The molecule has 1 aromatic heterocycles. The minimum Gasteiger partial charge on any atom is -0.315 e. The second kappa shape index (κ2) is 6.87. The Hall–Kier alpha value is -3.13. The number of amides is 2. The van der Waals surface area contributed by atoms with Gasteiger partial charge in [0, 0.05) is 17.4 Å². The third-order valence-electron chi connectivity index (χ3n) is 2.53. The fourth-order valence-electron chi connectivity index (χ4n) is 1.64. The lowest BCUT2D eigenvalue weighted by Crippen LogP contribution is -2.14. The molecule has 0 spiro atoms. The number of pyridine rings is 1. The molecule has 0 fully saturated rings. The van der Waals surface area contributed by atoms with Crippen molar-refractivity contribution >= 4 is 23.3 Å². The van der Waals surface area contributed by atoms with Gasteiger partial charge in [0.25, 0.3) is 11.8 Å². The molecule has 2 N–H and O–H groups in total. The van der Waals surface area contributed by atoms with Gasteiger partial charge >= 0.3 is 0 Å². The molecule has 0 aliphatic carbocycles. The highest BCUT2D eigenvalue weighted by Crippen LogP contribution is 2.12. The van der Waals surface area contributed by atoms with Crippen molar-refractivity contribution in [3.05, 3.63) is 54.2 Å². The van der Waals surface area contributed by atoms with Gasteiger partial charge in [0.2, 0.25) is 0 Å². The maximum atomic E-state index is 12.1. The summed E-state index contributed by atoms with van der Waals surface area (Å²) in [5, 5.41) is 5.27. The monoisotopic (exact) mass is 279 g/mol. The van der Waals surface area contributed by atoms with E-state index < -0.39 is 5.91 Å². The average Bonchev–Trinajstić information content (AvgIpc) is 2.48. The summed E-state index contributed by atoms with van der Waals surface area (Å²) in [6, 6.07) is 11.8. The van der Waals surface area contributed by atoms with Crippen LogP contribution in [0, 0.1) is 11.8 Å². The van der Waals surface area contributed by atoms with Gasteiger partial charge in [-0.1, -0.05) is 18.1 Å². The molecule has 1 aromatic carbocycles. The van der Waals surface area contributed by atoms with E-state index in [1.165, 1.54) is 0 Å². The van der Waals surface area contributed by atoms with E-state index in [0.717, 1.165) is 0 Å². The Bertz CT molecular complexity index is 715. The van der Waals surface area contributed by atoms with Crippen molar-refractivity contribution in [1.82, 2.24) is 4.98 Å². The molecule has 0 bridgehead atoms. The standard InChI is InChI=1S/C16H13N3O2/c1-2-6-15(20)18-13-8-5-7-12(11-13)16(21)19-14-9-3-4-10-17-14/h3-5,7-11H,1H3,(H,18,20)(H,17,19,21).